The van der Waals surface area contributed by atoms with Gasteiger partial charge in [-0.25, -0.2) is 4.68 Å². The molecular weight excluding hydrogens is 312 g/mol. The molecule has 25 heavy (non-hydrogen) atoms. The molecule has 1 unspecified atom stereocenters. The van der Waals surface area contributed by atoms with Crippen LogP contribution in [0.25, 0.3) is 10.8 Å². The van der Waals surface area contributed by atoms with Gasteiger partial charge in [0, 0.05) is 29.9 Å². The second kappa shape index (κ2) is 6.48. The van der Waals surface area contributed by atoms with Crippen LogP contribution < -0.4 is 5.56 Å². The summed E-state index contributed by atoms with van der Waals surface area (Å²) in [7, 11) is 0. The molecule has 4 rings (SSSR count). The number of hydrogen-bond acceptors (Lipinski definition) is 3. The third kappa shape index (κ3) is 3.00. The molecule has 5 heteroatoms. The highest BCUT2D eigenvalue weighted by Crippen LogP contribution is 2.23. The van der Waals surface area contributed by atoms with E-state index >= 15 is 0 Å². The Hall–Kier alpha value is -2.40. The largest absolute Gasteiger partial charge is 0.361 e. The van der Waals surface area contributed by atoms with Crippen molar-refractivity contribution in [2.75, 3.05) is 13.1 Å². The van der Waals surface area contributed by atoms with Gasteiger partial charge in [0.05, 0.1) is 17.6 Å². The van der Waals surface area contributed by atoms with E-state index in [0.29, 0.717) is 0 Å². The lowest BCUT2D eigenvalue weighted by Gasteiger charge is -2.33. The molecule has 0 saturated carbocycles. The predicted molar refractivity (Wildman–Crippen MR) is 99.8 cm³/mol. The molecule has 5 nitrogen and oxygen atoms in total. The third-order valence-electron chi connectivity index (χ3n) is 5.23. The molecule has 2 aromatic heterocycles. The number of aromatic nitrogens is 3. The Morgan fingerprint density at radius 1 is 1.20 bits per heavy atom. The maximum atomic E-state index is 13.0. The van der Waals surface area contributed by atoms with Crippen LogP contribution in [0.1, 0.15) is 35.8 Å². The van der Waals surface area contributed by atoms with E-state index in [-0.39, 0.29) is 11.6 Å². The molecule has 1 atom stereocenters. The van der Waals surface area contributed by atoms with Crippen molar-refractivity contribution in [3.05, 3.63) is 63.8 Å². The number of piperidine rings is 1. The molecule has 1 aliphatic heterocycles. The summed E-state index contributed by atoms with van der Waals surface area (Å²) in [6.07, 6.45) is 3.94. The molecule has 3 heterocycles. The normalized spacial score (nSPS) is 18.7. The summed E-state index contributed by atoms with van der Waals surface area (Å²) in [5.74, 6) is 0. The summed E-state index contributed by atoms with van der Waals surface area (Å²) in [5, 5.41) is 6.23. The van der Waals surface area contributed by atoms with Gasteiger partial charge in [-0.15, -0.1) is 0 Å². The predicted octanol–water partition coefficient (Wildman–Crippen LogP) is 3.18. The van der Waals surface area contributed by atoms with Crippen molar-refractivity contribution in [2.24, 2.45) is 0 Å². The van der Waals surface area contributed by atoms with Crippen molar-refractivity contribution >= 4 is 10.8 Å². The van der Waals surface area contributed by atoms with Gasteiger partial charge in [-0.1, -0.05) is 30.3 Å². The monoisotopic (exact) mass is 336 g/mol. The van der Waals surface area contributed by atoms with Gasteiger partial charge in [-0.2, -0.15) is 5.10 Å². The Kier molecular flexibility index (Phi) is 4.17. The number of hydrogen-bond donors (Lipinski definition) is 1. The van der Waals surface area contributed by atoms with Crippen LogP contribution in [0.5, 0.6) is 0 Å². The Balaban J connectivity index is 1.61. The van der Waals surface area contributed by atoms with Gasteiger partial charge in [0.2, 0.25) is 0 Å². The fourth-order valence-electron chi connectivity index (χ4n) is 4.00. The average Bonchev–Trinajstić information content (AvgIpc) is 2.91. The quantitative estimate of drug-likeness (QED) is 0.799. The SMILES string of the molecule is Cc1[nH]c(C)c2c(=O)n(C3CCCN(Cc4ccccc4)C3)ncc12. The maximum Gasteiger partial charge on any atom is 0.276 e. The Morgan fingerprint density at radius 3 is 2.80 bits per heavy atom. The number of rotatable bonds is 3. The first-order valence-corrected chi connectivity index (χ1v) is 8.96. The molecule has 1 N–H and O–H groups in total. The van der Waals surface area contributed by atoms with E-state index in [0.717, 1.165) is 54.6 Å². The minimum atomic E-state index is 0.0333. The topological polar surface area (TPSA) is 53.9 Å². The number of nitrogens with zero attached hydrogens (tertiary/aromatic N) is 3. The molecular formula is C20H24N4O. The van der Waals surface area contributed by atoms with Crippen LogP contribution in [0.3, 0.4) is 0 Å². The van der Waals surface area contributed by atoms with E-state index < -0.39 is 0 Å². The van der Waals surface area contributed by atoms with Crippen LogP contribution in [-0.2, 0) is 6.54 Å². The van der Waals surface area contributed by atoms with E-state index in [1.165, 1.54) is 5.56 Å². The summed E-state index contributed by atoms with van der Waals surface area (Å²) in [4.78, 5) is 18.7. The summed E-state index contributed by atoms with van der Waals surface area (Å²) < 4.78 is 1.71. The second-order valence-corrected chi connectivity index (χ2v) is 7.07. The van der Waals surface area contributed by atoms with E-state index in [9.17, 15) is 4.79 Å². The molecule has 1 aromatic carbocycles. The van der Waals surface area contributed by atoms with E-state index in [1.807, 2.05) is 26.1 Å². The molecule has 1 fully saturated rings. The first-order chi connectivity index (χ1) is 12.1. The molecule has 1 saturated heterocycles. The number of fused-ring (bicyclic) bond motifs is 1. The van der Waals surface area contributed by atoms with Crippen molar-refractivity contribution in [2.45, 2.75) is 39.3 Å². The molecule has 130 valence electrons. The number of benzene rings is 1. The lowest BCUT2D eigenvalue weighted by Crippen LogP contribution is -2.40. The van der Waals surface area contributed by atoms with Gasteiger partial charge >= 0.3 is 0 Å². The van der Waals surface area contributed by atoms with Crippen molar-refractivity contribution < 1.29 is 0 Å². The van der Waals surface area contributed by atoms with Crippen molar-refractivity contribution in [1.82, 2.24) is 19.7 Å². The highest BCUT2D eigenvalue weighted by molar-refractivity contribution is 5.86. The smallest absolute Gasteiger partial charge is 0.276 e. The first-order valence-electron chi connectivity index (χ1n) is 8.96. The van der Waals surface area contributed by atoms with Gasteiger partial charge in [-0.3, -0.25) is 9.69 Å². The summed E-state index contributed by atoms with van der Waals surface area (Å²) in [6, 6.07) is 10.7. The Labute approximate surface area is 147 Å². The van der Waals surface area contributed by atoms with Crippen LogP contribution in [0.2, 0.25) is 0 Å². The van der Waals surface area contributed by atoms with E-state index in [4.69, 9.17) is 0 Å². The second-order valence-electron chi connectivity index (χ2n) is 7.07. The molecule has 0 radical (unpaired) electrons. The Morgan fingerprint density at radius 2 is 2.00 bits per heavy atom. The van der Waals surface area contributed by atoms with Crippen molar-refractivity contribution in [3.8, 4) is 0 Å². The van der Waals surface area contributed by atoms with Crippen LogP contribution in [0.4, 0.5) is 0 Å². The van der Waals surface area contributed by atoms with Crippen molar-refractivity contribution in [3.63, 3.8) is 0 Å². The highest BCUT2D eigenvalue weighted by atomic mass is 16.1. The first kappa shape index (κ1) is 16.1. The zero-order valence-electron chi connectivity index (χ0n) is 14.8. The fourth-order valence-corrected chi connectivity index (χ4v) is 4.00. The molecule has 0 aliphatic carbocycles. The third-order valence-corrected chi connectivity index (χ3v) is 5.23. The zero-order valence-corrected chi connectivity index (χ0v) is 14.8. The molecule has 1 aliphatic rings. The average molecular weight is 336 g/mol. The summed E-state index contributed by atoms with van der Waals surface area (Å²) >= 11 is 0. The van der Waals surface area contributed by atoms with Crippen LogP contribution >= 0.6 is 0 Å². The van der Waals surface area contributed by atoms with E-state index in [1.54, 1.807) is 4.68 Å². The highest BCUT2D eigenvalue weighted by Gasteiger charge is 2.24. The molecule has 0 bridgehead atoms. The van der Waals surface area contributed by atoms with E-state index in [2.05, 4.69) is 39.2 Å². The number of aromatic amines is 1. The molecule has 0 amide bonds. The maximum absolute atomic E-state index is 13.0. The van der Waals surface area contributed by atoms with Gasteiger partial charge in [0.15, 0.2) is 0 Å². The van der Waals surface area contributed by atoms with Crippen LogP contribution in [0, 0.1) is 13.8 Å². The minimum absolute atomic E-state index is 0.0333. The number of aryl methyl sites for hydroxylation is 2. The Bertz CT molecular complexity index is 941. The number of nitrogens with one attached hydrogen (secondary N) is 1. The van der Waals surface area contributed by atoms with Gasteiger partial charge in [-0.05, 0) is 38.8 Å². The zero-order chi connectivity index (χ0) is 17.4. The molecule has 3 aromatic rings. The summed E-state index contributed by atoms with van der Waals surface area (Å²) in [6.45, 7) is 6.82. The number of likely N-dealkylation sites (tertiary alicyclic amines) is 1. The lowest BCUT2D eigenvalue weighted by molar-refractivity contribution is 0.160. The fraction of sp³-hybridized carbons (Fsp3) is 0.400. The van der Waals surface area contributed by atoms with Crippen molar-refractivity contribution in [1.29, 1.82) is 0 Å². The number of H-pyrrole nitrogens is 1. The van der Waals surface area contributed by atoms with Gasteiger partial charge in [0.1, 0.15) is 0 Å². The minimum Gasteiger partial charge on any atom is -0.361 e. The van der Waals surface area contributed by atoms with Crippen LogP contribution in [-0.4, -0.2) is 32.8 Å². The molecule has 0 spiro atoms. The van der Waals surface area contributed by atoms with Gasteiger partial charge < -0.3 is 4.98 Å². The van der Waals surface area contributed by atoms with Crippen LogP contribution in [0.15, 0.2) is 41.3 Å². The lowest BCUT2D eigenvalue weighted by atomic mass is 10.0. The van der Waals surface area contributed by atoms with Gasteiger partial charge in [0.25, 0.3) is 5.56 Å². The standard InChI is InChI=1S/C20H24N4O/c1-14-18-11-21-24(20(25)19(18)15(2)22-14)17-9-6-10-23(13-17)12-16-7-4-3-5-8-16/h3-5,7-8,11,17,22H,6,9-10,12-13H2,1-2H3. The summed E-state index contributed by atoms with van der Waals surface area (Å²) in [5.41, 5.74) is 3.30.